The van der Waals surface area contributed by atoms with Gasteiger partial charge in [-0.3, -0.25) is 19.3 Å². The van der Waals surface area contributed by atoms with Gasteiger partial charge in [-0.05, 0) is 35.7 Å². The number of carboxylic acid groups (broad SMARTS) is 1. The van der Waals surface area contributed by atoms with E-state index in [1.54, 1.807) is 18.3 Å². The van der Waals surface area contributed by atoms with Crippen LogP contribution in [0, 0.1) is 0 Å². The molecule has 2 aliphatic heterocycles. The fraction of sp³-hybridized carbons (Fsp3) is 0.208. The predicted molar refractivity (Wildman–Crippen MR) is 139 cm³/mol. The molecule has 1 saturated heterocycles. The number of hydrogen-bond donors (Lipinski definition) is 3. The van der Waals surface area contributed by atoms with E-state index in [4.69, 9.17) is 0 Å². The summed E-state index contributed by atoms with van der Waals surface area (Å²) in [4.78, 5) is 56.0. The number of benzene rings is 1. The molecule has 9 nitrogen and oxygen atoms in total. The van der Waals surface area contributed by atoms with Crippen LogP contribution in [0.25, 0.3) is 16.1 Å². The molecule has 3 amide bonds. The first-order chi connectivity index (χ1) is 17.3. The number of amides is 3. The first-order valence-electron chi connectivity index (χ1n) is 10.9. The van der Waals surface area contributed by atoms with Gasteiger partial charge in [0.2, 0.25) is 11.8 Å². The molecule has 4 heterocycles. The normalized spacial score (nSPS) is 18.9. The molecule has 1 aromatic carbocycles. The van der Waals surface area contributed by atoms with Crippen LogP contribution in [0.4, 0.5) is 5.69 Å². The second-order valence-electron chi connectivity index (χ2n) is 8.13. The fourth-order valence-corrected chi connectivity index (χ4v) is 7.18. The molecule has 3 N–H and O–H groups in total. The Hall–Kier alpha value is -3.48. The second-order valence-corrected chi connectivity index (χ2v) is 11.3. The number of rotatable bonds is 7. The van der Waals surface area contributed by atoms with Crippen molar-refractivity contribution in [2.75, 3.05) is 11.1 Å². The molecule has 0 aliphatic carbocycles. The topological polar surface area (TPSA) is 129 Å². The Kier molecular flexibility index (Phi) is 6.65. The van der Waals surface area contributed by atoms with Gasteiger partial charge < -0.3 is 15.7 Å². The lowest BCUT2D eigenvalue weighted by molar-refractivity contribution is -0.150. The summed E-state index contributed by atoms with van der Waals surface area (Å²) in [6, 6.07) is 10.2. The van der Waals surface area contributed by atoms with Gasteiger partial charge in [-0.1, -0.05) is 6.07 Å². The number of fused-ring (bicyclic) bond motifs is 1. The molecule has 12 heteroatoms. The fourth-order valence-electron chi connectivity index (χ4n) is 4.05. The van der Waals surface area contributed by atoms with E-state index in [1.165, 1.54) is 46.3 Å². The largest absolute Gasteiger partial charge is 0.477 e. The standard InChI is InChI=1S/C24H20N4O5S3/c1-12(29)26-14-6-4-13(5-7-14)21-25-10-17(36-21)16-11-35-23-19(22(31)28(23)20(16)24(32)33)27-18(30)9-15-3-2-8-34-15/h2-8,10,19,23H,9,11H2,1H3,(H,26,29)(H,27,30)(H,32,33). The lowest BCUT2D eigenvalue weighted by Crippen LogP contribution is -2.70. The Labute approximate surface area is 218 Å². The lowest BCUT2D eigenvalue weighted by Gasteiger charge is -2.49. The molecular weight excluding hydrogens is 520 g/mol. The highest BCUT2D eigenvalue weighted by atomic mass is 32.2. The number of thiophene rings is 1. The van der Waals surface area contributed by atoms with Crippen molar-refractivity contribution in [1.29, 1.82) is 0 Å². The predicted octanol–water partition coefficient (Wildman–Crippen LogP) is 3.27. The van der Waals surface area contributed by atoms with E-state index in [0.717, 1.165) is 10.4 Å². The van der Waals surface area contributed by atoms with Gasteiger partial charge in [0.15, 0.2) is 0 Å². The monoisotopic (exact) mass is 540 g/mol. The zero-order valence-electron chi connectivity index (χ0n) is 18.9. The van der Waals surface area contributed by atoms with Gasteiger partial charge in [0, 0.05) is 40.6 Å². The average molecular weight is 541 g/mol. The number of β-lactam (4-membered cyclic amide) rings is 1. The Balaban J connectivity index is 1.34. The van der Waals surface area contributed by atoms with Crippen LogP contribution < -0.4 is 10.6 Å². The molecule has 184 valence electrons. The molecule has 2 aromatic heterocycles. The number of aromatic nitrogens is 1. The quantitative estimate of drug-likeness (QED) is 0.392. The van der Waals surface area contributed by atoms with Crippen LogP contribution in [0.1, 0.15) is 16.7 Å². The van der Waals surface area contributed by atoms with E-state index >= 15 is 0 Å². The van der Waals surface area contributed by atoms with Gasteiger partial charge in [-0.2, -0.15) is 0 Å². The number of nitrogens with one attached hydrogen (secondary N) is 2. The molecule has 0 spiro atoms. The summed E-state index contributed by atoms with van der Waals surface area (Å²) < 4.78 is 0. The van der Waals surface area contributed by atoms with Crippen LogP contribution in [0.2, 0.25) is 0 Å². The molecule has 2 unspecified atom stereocenters. The minimum Gasteiger partial charge on any atom is -0.477 e. The van der Waals surface area contributed by atoms with E-state index in [9.17, 15) is 24.3 Å². The van der Waals surface area contributed by atoms with Crippen LogP contribution >= 0.6 is 34.4 Å². The molecule has 0 saturated carbocycles. The van der Waals surface area contributed by atoms with Gasteiger partial charge in [0.25, 0.3) is 5.91 Å². The van der Waals surface area contributed by atoms with Crippen LogP contribution in [-0.4, -0.2) is 55.8 Å². The summed E-state index contributed by atoms with van der Waals surface area (Å²) in [6.45, 7) is 1.44. The van der Waals surface area contributed by atoms with E-state index in [1.807, 2.05) is 29.6 Å². The smallest absolute Gasteiger partial charge is 0.353 e. The highest BCUT2D eigenvalue weighted by Crippen LogP contribution is 2.45. The zero-order valence-corrected chi connectivity index (χ0v) is 21.3. The molecule has 0 bridgehead atoms. The molecule has 36 heavy (non-hydrogen) atoms. The van der Waals surface area contributed by atoms with Gasteiger partial charge in [-0.25, -0.2) is 9.78 Å². The third kappa shape index (κ3) is 4.66. The average Bonchev–Trinajstić information content (AvgIpc) is 3.54. The van der Waals surface area contributed by atoms with E-state index < -0.39 is 23.3 Å². The van der Waals surface area contributed by atoms with Crippen LogP contribution in [-0.2, 0) is 25.6 Å². The van der Waals surface area contributed by atoms with Crippen LogP contribution in [0.15, 0.2) is 53.7 Å². The zero-order chi connectivity index (χ0) is 25.4. The minimum atomic E-state index is -1.19. The molecule has 1 fully saturated rings. The second kappa shape index (κ2) is 9.88. The third-order valence-corrected chi connectivity index (χ3v) is 8.92. The number of aliphatic carboxylic acids is 1. The summed E-state index contributed by atoms with van der Waals surface area (Å²) in [5.41, 5.74) is 1.96. The SMILES string of the molecule is CC(=O)Nc1ccc(-c2ncc(C3=C(C(=O)O)N4C(=O)C(NC(=O)Cc5cccs5)C4SC3)s2)cc1. The van der Waals surface area contributed by atoms with Crippen molar-refractivity contribution >= 4 is 69.4 Å². The summed E-state index contributed by atoms with van der Waals surface area (Å²) in [7, 11) is 0. The molecule has 2 aliphatic rings. The lowest BCUT2D eigenvalue weighted by atomic mass is 10.0. The van der Waals surface area contributed by atoms with Crippen LogP contribution in [0.3, 0.4) is 0 Å². The van der Waals surface area contributed by atoms with E-state index in [2.05, 4.69) is 15.6 Å². The highest BCUT2D eigenvalue weighted by molar-refractivity contribution is 8.00. The first kappa shape index (κ1) is 24.2. The van der Waals surface area contributed by atoms with Crippen molar-refractivity contribution in [3.63, 3.8) is 0 Å². The van der Waals surface area contributed by atoms with Crippen molar-refractivity contribution in [2.45, 2.75) is 24.8 Å². The van der Waals surface area contributed by atoms with Crippen molar-refractivity contribution in [3.05, 3.63) is 63.4 Å². The first-order valence-corrected chi connectivity index (χ1v) is 13.6. The summed E-state index contributed by atoms with van der Waals surface area (Å²) >= 11 is 4.22. The summed E-state index contributed by atoms with van der Waals surface area (Å²) in [5, 5.41) is 17.6. The summed E-state index contributed by atoms with van der Waals surface area (Å²) in [6.07, 6.45) is 1.80. The van der Waals surface area contributed by atoms with E-state index in [-0.39, 0.29) is 23.9 Å². The number of carbonyl (C=O) groups excluding carboxylic acids is 3. The maximum Gasteiger partial charge on any atom is 0.353 e. The van der Waals surface area contributed by atoms with Gasteiger partial charge >= 0.3 is 5.97 Å². The number of thiazole rings is 1. The number of nitrogens with zero attached hydrogens (tertiary/aromatic N) is 2. The summed E-state index contributed by atoms with van der Waals surface area (Å²) in [5.74, 6) is -1.68. The molecule has 2 atom stereocenters. The maximum atomic E-state index is 12.9. The van der Waals surface area contributed by atoms with Gasteiger partial charge in [0.1, 0.15) is 22.1 Å². The van der Waals surface area contributed by atoms with Crippen molar-refractivity contribution < 1.29 is 24.3 Å². The number of carbonyl (C=O) groups is 4. The molecule has 3 aromatic rings. The molecule has 5 rings (SSSR count). The number of thioether (sulfide) groups is 1. The Morgan fingerprint density at radius 3 is 2.64 bits per heavy atom. The number of hydrogen-bond acceptors (Lipinski definition) is 8. The Bertz CT molecular complexity index is 1380. The molecular formula is C24H20N4O5S3. The number of anilines is 1. The van der Waals surface area contributed by atoms with E-state index in [0.29, 0.717) is 26.9 Å². The van der Waals surface area contributed by atoms with Crippen molar-refractivity contribution in [2.24, 2.45) is 0 Å². The number of carboxylic acids is 1. The Morgan fingerprint density at radius 2 is 1.97 bits per heavy atom. The third-order valence-electron chi connectivity index (χ3n) is 5.66. The van der Waals surface area contributed by atoms with Crippen LogP contribution in [0.5, 0.6) is 0 Å². The molecule has 0 radical (unpaired) electrons. The minimum absolute atomic E-state index is 0.0660. The van der Waals surface area contributed by atoms with Gasteiger partial charge in [0.05, 0.1) is 11.3 Å². The van der Waals surface area contributed by atoms with Gasteiger partial charge in [-0.15, -0.1) is 34.4 Å². The maximum absolute atomic E-state index is 12.9. The van der Waals surface area contributed by atoms with Crippen molar-refractivity contribution in [1.82, 2.24) is 15.2 Å². The van der Waals surface area contributed by atoms with Crippen molar-refractivity contribution in [3.8, 4) is 10.6 Å². The Morgan fingerprint density at radius 1 is 1.19 bits per heavy atom. The highest BCUT2D eigenvalue weighted by Gasteiger charge is 2.54.